The molecule has 1 unspecified atom stereocenters. The van der Waals surface area contributed by atoms with Crippen molar-refractivity contribution in [3.05, 3.63) is 24.5 Å². The van der Waals surface area contributed by atoms with Crippen molar-refractivity contribution < 1.29 is 4.79 Å². The summed E-state index contributed by atoms with van der Waals surface area (Å²) in [5, 5.41) is 2.09. The molecule has 0 radical (unpaired) electrons. The summed E-state index contributed by atoms with van der Waals surface area (Å²) in [5.41, 5.74) is 0.662. The molecule has 4 heteroatoms. The van der Waals surface area contributed by atoms with E-state index in [4.69, 9.17) is 11.6 Å². The first-order valence-electron chi connectivity index (χ1n) is 3.55. The van der Waals surface area contributed by atoms with Crippen LogP contribution in [0, 0.1) is 0 Å². The van der Waals surface area contributed by atoms with E-state index in [-0.39, 0.29) is 5.91 Å². The molecule has 1 aromatic rings. The smallest absolute Gasteiger partial charge is 0.242 e. The zero-order valence-corrected chi connectivity index (χ0v) is 7.38. The van der Waals surface area contributed by atoms with Gasteiger partial charge in [0.25, 0.3) is 0 Å². The molecule has 0 saturated heterocycles. The van der Waals surface area contributed by atoms with Crippen molar-refractivity contribution in [3.63, 3.8) is 0 Å². The molecule has 0 aliphatic rings. The van der Waals surface area contributed by atoms with Gasteiger partial charge in [-0.25, -0.2) is 0 Å². The summed E-state index contributed by atoms with van der Waals surface area (Å²) in [6.07, 6.45) is 3.21. The lowest BCUT2D eigenvalue weighted by molar-refractivity contribution is -0.115. The molecule has 0 spiro atoms. The van der Waals surface area contributed by atoms with Gasteiger partial charge in [0.15, 0.2) is 0 Å². The van der Waals surface area contributed by atoms with Crippen molar-refractivity contribution in [2.75, 3.05) is 5.32 Å². The van der Waals surface area contributed by atoms with Crippen molar-refractivity contribution >= 4 is 23.2 Å². The van der Waals surface area contributed by atoms with Gasteiger partial charge in [0.2, 0.25) is 5.91 Å². The van der Waals surface area contributed by atoms with Crippen molar-refractivity contribution in [1.29, 1.82) is 0 Å². The van der Waals surface area contributed by atoms with Gasteiger partial charge < -0.3 is 5.32 Å². The molecular weight excluding hydrogens is 176 g/mol. The summed E-state index contributed by atoms with van der Waals surface area (Å²) in [7, 11) is 0. The van der Waals surface area contributed by atoms with Gasteiger partial charge >= 0.3 is 0 Å². The minimum Gasteiger partial charge on any atom is -0.323 e. The first kappa shape index (κ1) is 9.00. The molecular formula is C8H9ClN2O. The van der Waals surface area contributed by atoms with E-state index >= 15 is 0 Å². The van der Waals surface area contributed by atoms with Gasteiger partial charge in [-0.2, -0.15) is 0 Å². The van der Waals surface area contributed by atoms with Gasteiger partial charge in [0.1, 0.15) is 5.38 Å². The molecule has 1 aromatic heterocycles. The van der Waals surface area contributed by atoms with Crippen LogP contribution in [0.25, 0.3) is 0 Å². The summed E-state index contributed by atoms with van der Waals surface area (Å²) in [6.45, 7) is 1.62. The fraction of sp³-hybridized carbons (Fsp3) is 0.250. The van der Waals surface area contributed by atoms with E-state index in [1.165, 1.54) is 0 Å². The van der Waals surface area contributed by atoms with E-state index in [1.807, 2.05) is 0 Å². The minimum atomic E-state index is -0.523. The van der Waals surface area contributed by atoms with Crippen LogP contribution in [-0.4, -0.2) is 16.3 Å². The Balaban J connectivity index is 2.59. The molecule has 0 fully saturated rings. The third-order valence-electron chi connectivity index (χ3n) is 1.29. The summed E-state index contributed by atoms with van der Waals surface area (Å²) in [5.74, 6) is -0.218. The molecule has 1 N–H and O–H groups in total. The van der Waals surface area contributed by atoms with Crippen LogP contribution in [0.3, 0.4) is 0 Å². The molecule has 0 aliphatic carbocycles. The van der Waals surface area contributed by atoms with Crippen LogP contribution in [0.15, 0.2) is 24.5 Å². The zero-order valence-electron chi connectivity index (χ0n) is 6.62. The third-order valence-corrected chi connectivity index (χ3v) is 1.49. The lowest BCUT2D eigenvalue weighted by atomic mass is 10.4. The van der Waals surface area contributed by atoms with Crippen LogP contribution < -0.4 is 5.32 Å². The number of carbonyl (C=O) groups is 1. The lowest BCUT2D eigenvalue weighted by Gasteiger charge is -2.04. The number of rotatable bonds is 2. The Labute approximate surface area is 75.8 Å². The topological polar surface area (TPSA) is 42.0 Å². The number of pyridine rings is 1. The number of anilines is 1. The largest absolute Gasteiger partial charge is 0.323 e. The Kier molecular flexibility index (Phi) is 3.05. The van der Waals surface area contributed by atoms with Crippen LogP contribution in [0.1, 0.15) is 6.92 Å². The van der Waals surface area contributed by atoms with Crippen molar-refractivity contribution in [2.24, 2.45) is 0 Å². The van der Waals surface area contributed by atoms with Gasteiger partial charge in [-0.3, -0.25) is 9.78 Å². The Morgan fingerprint density at radius 2 is 2.50 bits per heavy atom. The average Bonchev–Trinajstić information content (AvgIpc) is 2.06. The summed E-state index contributed by atoms with van der Waals surface area (Å²) < 4.78 is 0. The maximum atomic E-state index is 11.0. The maximum Gasteiger partial charge on any atom is 0.242 e. The van der Waals surface area contributed by atoms with Crippen molar-refractivity contribution in [3.8, 4) is 0 Å². The number of halogens is 1. The highest BCUT2D eigenvalue weighted by Crippen LogP contribution is 2.04. The van der Waals surface area contributed by atoms with Gasteiger partial charge in [-0.1, -0.05) is 0 Å². The second-order valence-electron chi connectivity index (χ2n) is 2.35. The fourth-order valence-electron chi connectivity index (χ4n) is 0.678. The second kappa shape index (κ2) is 4.07. The van der Waals surface area contributed by atoms with Crippen LogP contribution in [0.4, 0.5) is 5.69 Å². The molecule has 1 heterocycles. The number of nitrogens with one attached hydrogen (secondary N) is 1. The molecule has 0 saturated carbocycles. The van der Waals surface area contributed by atoms with Gasteiger partial charge in [0, 0.05) is 6.20 Å². The summed E-state index contributed by atoms with van der Waals surface area (Å²) in [4.78, 5) is 14.9. The van der Waals surface area contributed by atoms with E-state index in [1.54, 1.807) is 31.5 Å². The number of carbonyl (C=O) groups excluding carboxylic acids is 1. The van der Waals surface area contributed by atoms with Crippen molar-refractivity contribution in [1.82, 2.24) is 4.98 Å². The number of aromatic nitrogens is 1. The molecule has 64 valence electrons. The second-order valence-corrected chi connectivity index (χ2v) is 3.00. The monoisotopic (exact) mass is 184 g/mol. The number of hydrogen-bond acceptors (Lipinski definition) is 2. The lowest BCUT2D eigenvalue weighted by Crippen LogP contribution is -2.20. The third kappa shape index (κ3) is 2.51. The molecule has 0 bridgehead atoms. The first-order chi connectivity index (χ1) is 5.70. The predicted molar refractivity (Wildman–Crippen MR) is 48.2 cm³/mol. The van der Waals surface area contributed by atoms with Crippen LogP contribution in [0.5, 0.6) is 0 Å². The SMILES string of the molecule is CC(Cl)C(=O)Nc1cccnc1. The average molecular weight is 185 g/mol. The van der Waals surface area contributed by atoms with Gasteiger partial charge in [0.05, 0.1) is 11.9 Å². The number of amides is 1. The first-order valence-corrected chi connectivity index (χ1v) is 3.99. The minimum absolute atomic E-state index is 0.218. The highest BCUT2D eigenvalue weighted by molar-refractivity contribution is 6.32. The Hall–Kier alpha value is -1.09. The molecule has 1 rings (SSSR count). The van der Waals surface area contributed by atoms with E-state index in [0.29, 0.717) is 5.69 Å². The summed E-state index contributed by atoms with van der Waals surface area (Å²) in [6, 6.07) is 3.50. The molecule has 12 heavy (non-hydrogen) atoms. The fourth-order valence-corrected chi connectivity index (χ4v) is 0.733. The molecule has 0 aliphatic heterocycles. The van der Waals surface area contributed by atoms with E-state index < -0.39 is 5.38 Å². The van der Waals surface area contributed by atoms with Crippen LogP contribution >= 0.6 is 11.6 Å². The van der Waals surface area contributed by atoms with Crippen LogP contribution in [-0.2, 0) is 4.79 Å². The quantitative estimate of drug-likeness (QED) is 0.711. The predicted octanol–water partition coefficient (Wildman–Crippen LogP) is 1.65. The molecule has 0 aromatic carbocycles. The van der Waals surface area contributed by atoms with Gasteiger partial charge in [-0.05, 0) is 19.1 Å². The molecule has 1 atom stereocenters. The Morgan fingerprint density at radius 3 is 3.00 bits per heavy atom. The van der Waals surface area contributed by atoms with E-state index in [2.05, 4.69) is 10.3 Å². The Morgan fingerprint density at radius 1 is 1.75 bits per heavy atom. The summed E-state index contributed by atoms with van der Waals surface area (Å²) >= 11 is 5.55. The zero-order chi connectivity index (χ0) is 8.97. The van der Waals surface area contributed by atoms with Crippen LogP contribution in [0.2, 0.25) is 0 Å². The standard InChI is InChI=1S/C8H9ClN2O/c1-6(9)8(12)11-7-3-2-4-10-5-7/h2-6H,1H3,(H,11,12). The number of alkyl halides is 1. The molecule has 3 nitrogen and oxygen atoms in total. The van der Waals surface area contributed by atoms with E-state index in [0.717, 1.165) is 0 Å². The van der Waals surface area contributed by atoms with E-state index in [9.17, 15) is 4.79 Å². The van der Waals surface area contributed by atoms with Crippen molar-refractivity contribution in [2.45, 2.75) is 12.3 Å². The normalized spacial score (nSPS) is 12.2. The highest BCUT2D eigenvalue weighted by Gasteiger charge is 2.08. The Bertz CT molecular complexity index is 261. The number of hydrogen-bond donors (Lipinski definition) is 1. The van der Waals surface area contributed by atoms with Gasteiger partial charge in [-0.15, -0.1) is 11.6 Å². The maximum absolute atomic E-state index is 11.0. The number of nitrogens with zero attached hydrogens (tertiary/aromatic N) is 1. The molecule has 1 amide bonds. The highest BCUT2D eigenvalue weighted by atomic mass is 35.5.